The predicted molar refractivity (Wildman–Crippen MR) is 104 cm³/mol. The molecule has 2 aliphatic heterocycles. The lowest BCUT2D eigenvalue weighted by Gasteiger charge is -2.30. The Labute approximate surface area is 161 Å². The molecular formula is C18H21FN3O2S2+. The maximum Gasteiger partial charge on any atom is 0.266 e. The highest BCUT2D eigenvalue weighted by Crippen LogP contribution is 2.33. The van der Waals surface area contributed by atoms with E-state index in [2.05, 4.69) is 7.05 Å². The fraction of sp³-hybridized carbons (Fsp3) is 0.389. The molecule has 2 fully saturated rings. The van der Waals surface area contributed by atoms with Crippen LogP contribution in [0.1, 0.15) is 12.0 Å². The van der Waals surface area contributed by atoms with Crippen LogP contribution in [0.4, 0.5) is 4.39 Å². The highest BCUT2D eigenvalue weighted by atomic mass is 32.2. The van der Waals surface area contributed by atoms with E-state index in [1.807, 2.05) is 4.90 Å². The van der Waals surface area contributed by atoms with Crippen molar-refractivity contribution in [2.24, 2.45) is 0 Å². The van der Waals surface area contributed by atoms with Crippen molar-refractivity contribution in [3.8, 4) is 0 Å². The number of thioether (sulfide) groups is 1. The van der Waals surface area contributed by atoms with Crippen LogP contribution in [0.25, 0.3) is 6.08 Å². The highest BCUT2D eigenvalue weighted by molar-refractivity contribution is 8.26. The summed E-state index contributed by atoms with van der Waals surface area (Å²) in [5, 5.41) is 0. The Hall–Kier alpha value is -1.77. The molecule has 0 unspecified atom stereocenters. The van der Waals surface area contributed by atoms with E-state index in [0.29, 0.717) is 14.8 Å². The first kappa shape index (κ1) is 19.0. The van der Waals surface area contributed by atoms with E-state index in [0.717, 1.165) is 37.9 Å². The number of rotatable bonds is 4. The van der Waals surface area contributed by atoms with Gasteiger partial charge in [-0.25, -0.2) is 4.39 Å². The van der Waals surface area contributed by atoms with E-state index in [-0.39, 0.29) is 30.6 Å². The van der Waals surface area contributed by atoms with Crippen LogP contribution in [0.3, 0.4) is 0 Å². The molecular weight excluding hydrogens is 373 g/mol. The molecule has 0 saturated carbocycles. The van der Waals surface area contributed by atoms with Crippen molar-refractivity contribution in [3.63, 3.8) is 0 Å². The van der Waals surface area contributed by atoms with Crippen LogP contribution in [0.15, 0.2) is 29.2 Å². The summed E-state index contributed by atoms with van der Waals surface area (Å²) in [6.07, 6.45) is 1.76. The minimum atomic E-state index is -0.384. The lowest BCUT2D eigenvalue weighted by molar-refractivity contribution is -0.883. The largest absolute Gasteiger partial charge is 0.334 e. The third-order valence-corrected chi connectivity index (χ3v) is 5.96. The van der Waals surface area contributed by atoms with Gasteiger partial charge in [-0.1, -0.05) is 42.2 Å². The molecule has 2 saturated heterocycles. The topological polar surface area (TPSA) is 45.1 Å². The van der Waals surface area contributed by atoms with Crippen LogP contribution in [0.5, 0.6) is 0 Å². The molecule has 138 valence electrons. The van der Waals surface area contributed by atoms with E-state index < -0.39 is 0 Å². The molecule has 8 heteroatoms. The van der Waals surface area contributed by atoms with Gasteiger partial charge in [-0.2, -0.15) is 0 Å². The van der Waals surface area contributed by atoms with E-state index in [4.69, 9.17) is 12.2 Å². The zero-order valence-corrected chi connectivity index (χ0v) is 16.2. The maximum atomic E-state index is 13.8. The third kappa shape index (κ3) is 4.31. The first-order chi connectivity index (χ1) is 12.5. The fourth-order valence-corrected chi connectivity index (χ4v) is 4.23. The van der Waals surface area contributed by atoms with Crippen LogP contribution < -0.4 is 4.90 Å². The van der Waals surface area contributed by atoms with Gasteiger partial charge in [0.15, 0.2) is 0 Å². The first-order valence-corrected chi connectivity index (χ1v) is 9.77. The molecule has 0 spiro atoms. The number of nitrogens with zero attached hydrogens (tertiary/aromatic N) is 2. The Kier molecular flexibility index (Phi) is 6.05. The second-order valence-corrected chi connectivity index (χ2v) is 8.12. The maximum absolute atomic E-state index is 13.8. The zero-order chi connectivity index (χ0) is 18.7. The van der Waals surface area contributed by atoms with Crippen LogP contribution in [-0.2, 0) is 9.59 Å². The summed E-state index contributed by atoms with van der Waals surface area (Å²) in [7, 11) is 2.11. The smallest absolute Gasteiger partial charge is 0.266 e. The van der Waals surface area contributed by atoms with Crippen molar-refractivity contribution in [2.45, 2.75) is 6.42 Å². The normalized spacial score (nSPS) is 20.3. The van der Waals surface area contributed by atoms with Gasteiger partial charge in [0.25, 0.3) is 5.91 Å². The Morgan fingerprint density at radius 3 is 2.73 bits per heavy atom. The van der Waals surface area contributed by atoms with Gasteiger partial charge in [0.2, 0.25) is 5.91 Å². The van der Waals surface area contributed by atoms with Gasteiger partial charge in [0.05, 0.1) is 38.1 Å². The number of hydrogen-bond acceptors (Lipinski definition) is 4. The summed E-state index contributed by atoms with van der Waals surface area (Å²) < 4.78 is 14.2. The lowest BCUT2D eigenvalue weighted by atomic mass is 10.2. The van der Waals surface area contributed by atoms with Crippen molar-refractivity contribution in [1.29, 1.82) is 0 Å². The SMILES string of the molecule is C[NH+]1CCN(C(=O)CCN2C(=O)/C(=C\c3ccccc3F)SC2=S)CC1. The van der Waals surface area contributed by atoms with Crippen LogP contribution in [0, 0.1) is 5.82 Å². The van der Waals surface area contributed by atoms with E-state index in [9.17, 15) is 14.0 Å². The number of thiocarbonyl (C=S) groups is 1. The first-order valence-electron chi connectivity index (χ1n) is 8.54. The molecule has 5 nitrogen and oxygen atoms in total. The number of nitrogens with one attached hydrogen (secondary N) is 1. The van der Waals surface area contributed by atoms with Gasteiger partial charge in [0.1, 0.15) is 10.1 Å². The molecule has 0 aliphatic carbocycles. The summed E-state index contributed by atoms with van der Waals surface area (Å²) in [5.41, 5.74) is 0.351. The number of amides is 2. The number of piperazine rings is 1. The number of carbonyl (C=O) groups is 2. The molecule has 0 bridgehead atoms. The molecule has 26 heavy (non-hydrogen) atoms. The summed E-state index contributed by atoms with van der Waals surface area (Å²) in [4.78, 5) is 30.0. The van der Waals surface area contributed by atoms with Crippen molar-refractivity contribution in [1.82, 2.24) is 9.80 Å². The summed E-state index contributed by atoms with van der Waals surface area (Å²) >= 11 is 6.42. The molecule has 3 rings (SSSR count). The number of likely N-dealkylation sites (N-methyl/N-ethyl adjacent to an activating group) is 1. The van der Waals surface area contributed by atoms with Gasteiger partial charge in [-0.15, -0.1) is 0 Å². The summed E-state index contributed by atoms with van der Waals surface area (Å²) in [6.45, 7) is 3.64. The van der Waals surface area contributed by atoms with Crippen molar-refractivity contribution in [3.05, 3.63) is 40.6 Å². The minimum Gasteiger partial charge on any atom is -0.334 e. The second-order valence-electron chi connectivity index (χ2n) is 6.44. The Morgan fingerprint density at radius 2 is 2.04 bits per heavy atom. The average Bonchev–Trinajstić information content (AvgIpc) is 2.89. The Bertz CT molecular complexity index is 761. The molecule has 0 aromatic heterocycles. The third-order valence-electron chi connectivity index (χ3n) is 4.58. The van der Waals surface area contributed by atoms with E-state index in [1.165, 1.54) is 21.9 Å². The monoisotopic (exact) mass is 394 g/mol. The highest BCUT2D eigenvalue weighted by Gasteiger charge is 2.33. The minimum absolute atomic E-state index is 0.0460. The molecule has 1 aromatic rings. The van der Waals surface area contributed by atoms with Crippen LogP contribution in [0.2, 0.25) is 0 Å². The molecule has 1 aromatic carbocycles. The summed E-state index contributed by atoms with van der Waals surface area (Å²) in [5.74, 6) is -0.603. The van der Waals surface area contributed by atoms with Gasteiger partial charge in [-0.3, -0.25) is 14.5 Å². The molecule has 2 heterocycles. The Morgan fingerprint density at radius 1 is 1.35 bits per heavy atom. The van der Waals surface area contributed by atoms with Crippen LogP contribution >= 0.6 is 24.0 Å². The van der Waals surface area contributed by atoms with Gasteiger partial charge in [0, 0.05) is 18.5 Å². The van der Waals surface area contributed by atoms with Crippen molar-refractivity contribution in [2.75, 3.05) is 39.8 Å². The van der Waals surface area contributed by atoms with E-state index in [1.54, 1.807) is 18.2 Å². The van der Waals surface area contributed by atoms with E-state index >= 15 is 0 Å². The number of carbonyl (C=O) groups excluding carboxylic acids is 2. The second kappa shape index (κ2) is 8.28. The lowest BCUT2D eigenvalue weighted by Crippen LogP contribution is -3.12. The number of halogens is 1. The van der Waals surface area contributed by atoms with Crippen molar-refractivity contribution < 1.29 is 18.9 Å². The quantitative estimate of drug-likeness (QED) is 0.606. The van der Waals surface area contributed by atoms with Crippen LogP contribution in [-0.4, -0.2) is 65.7 Å². The number of hydrogen-bond donors (Lipinski definition) is 1. The average molecular weight is 395 g/mol. The summed E-state index contributed by atoms with van der Waals surface area (Å²) in [6, 6.07) is 6.28. The molecule has 1 N–H and O–H groups in total. The predicted octanol–water partition coefficient (Wildman–Crippen LogP) is 0.774. The molecule has 2 amide bonds. The fourth-order valence-electron chi connectivity index (χ4n) is 2.93. The van der Waals surface area contributed by atoms with Crippen molar-refractivity contribution >= 4 is 46.2 Å². The Balaban J connectivity index is 1.61. The van der Waals surface area contributed by atoms with Gasteiger partial charge >= 0.3 is 0 Å². The number of quaternary nitrogens is 1. The van der Waals surface area contributed by atoms with Gasteiger partial charge < -0.3 is 9.80 Å². The molecule has 0 atom stereocenters. The molecule has 2 aliphatic rings. The van der Waals surface area contributed by atoms with Gasteiger partial charge in [-0.05, 0) is 12.1 Å². The molecule has 0 radical (unpaired) electrons. The number of benzene rings is 1. The zero-order valence-electron chi connectivity index (χ0n) is 14.5. The standard InChI is InChI=1S/C18H20FN3O2S2/c1-20-8-10-21(11-9-20)16(23)6-7-22-17(24)15(26-18(22)25)12-13-4-2-3-5-14(13)19/h2-5,12H,6-11H2,1H3/p+1/b15-12+.